The average molecular weight is 366 g/mol. The largest absolute Gasteiger partial charge is 0.289 e. The van der Waals surface area contributed by atoms with E-state index in [2.05, 4.69) is 31.9 Å². The number of carbonyl (C=O) groups is 1. The topological polar surface area (TPSA) is 17.1 Å². The zero-order valence-corrected chi connectivity index (χ0v) is 12.6. The summed E-state index contributed by atoms with van der Waals surface area (Å²) in [5.41, 5.74) is 3.66. The maximum atomic E-state index is 12.6. The molecule has 2 aromatic carbocycles. The van der Waals surface area contributed by atoms with E-state index in [4.69, 9.17) is 0 Å². The fourth-order valence-electron chi connectivity index (χ4n) is 2.35. The summed E-state index contributed by atoms with van der Waals surface area (Å²) in [6, 6.07) is 15.6. The third-order valence-electron chi connectivity index (χ3n) is 3.26. The highest BCUT2D eigenvalue weighted by molar-refractivity contribution is 9.12. The molecular formula is C15H10Br2O. The van der Waals surface area contributed by atoms with Crippen LogP contribution in [0.1, 0.15) is 36.7 Å². The Morgan fingerprint density at radius 3 is 1.56 bits per heavy atom. The number of ketones is 1. The minimum atomic E-state index is 0.0984. The molecule has 0 amide bonds. The summed E-state index contributed by atoms with van der Waals surface area (Å²) in [4.78, 5) is 12.8. The molecule has 0 fully saturated rings. The molecule has 0 N–H and O–H groups in total. The second kappa shape index (κ2) is 4.63. The van der Waals surface area contributed by atoms with Crippen molar-refractivity contribution in [2.75, 3.05) is 0 Å². The molecule has 2 aromatic rings. The third-order valence-corrected chi connectivity index (χ3v) is 6.02. The normalized spacial score (nSPS) is 22.0. The molecule has 1 aliphatic rings. The Kier molecular flexibility index (Phi) is 3.12. The predicted octanol–water partition coefficient (Wildman–Crippen LogP) is 4.80. The van der Waals surface area contributed by atoms with Crippen molar-refractivity contribution in [2.24, 2.45) is 0 Å². The highest BCUT2D eigenvalue weighted by atomic mass is 79.9. The van der Waals surface area contributed by atoms with Crippen LogP contribution in [0.2, 0.25) is 0 Å². The molecule has 3 heteroatoms. The molecule has 1 unspecified atom stereocenters. The standard InChI is InChI=1S/C15H10Br2O/c16-13-9-5-1-3-7-11(9)15(18)12-8-4-2-6-10(12)14(13)17/h1-8,13-14H/t13-,14?/m1/s1. The van der Waals surface area contributed by atoms with Gasteiger partial charge in [-0.1, -0.05) is 80.4 Å². The van der Waals surface area contributed by atoms with Gasteiger partial charge in [0.05, 0.1) is 9.65 Å². The Balaban J connectivity index is 2.31. The number of carbonyl (C=O) groups excluding carboxylic acids is 1. The molecule has 0 aromatic heterocycles. The van der Waals surface area contributed by atoms with Gasteiger partial charge in [0.15, 0.2) is 5.78 Å². The van der Waals surface area contributed by atoms with Crippen LogP contribution in [0.15, 0.2) is 48.5 Å². The van der Waals surface area contributed by atoms with Crippen molar-refractivity contribution in [2.45, 2.75) is 9.65 Å². The molecule has 0 bridgehead atoms. The van der Waals surface area contributed by atoms with E-state index in [1.54, 1.807) is 0 Å². The van der Waals surface area contributed by atoms with Crippen LogP contribution in [0, 0.1) is 0 Å². The molecule has 18 heavy (non-hydrogen) atoms. The first kappa shape index (κ1) is 12.1. The molecule has 0 spiro atoms. The van der Waals surface area contributed by atoms with Gasteiger partial charge >= 0.3 is 0 Å². The first-order valence-corrected chi connectivity index (χ1v) is 7.54. The molecule has 1 aliphatic carbocycles. The lowest BCUT2D eigenvalue weighted by Crippen LogP contribution is -2.03. The minimum absolute atomic E-state index is 0.0984. The van der Waals surface area contributed by atoms with Gasteiger partial charge in [-0.3, -0.25) is 4.79 Å². The third kappa shape index (κ3) is 1.77. The van der Waals surface area contributed by atoms with Crippen molar-refractivity contribution in [3.63, 3.8) is 0 Å². The van der Waals surface area contributed by atoms with E-state index in [1.807, 2.05) is 48.5 Å². The first-order valence-electron chi connectivity index (χ1n) is 5.71. The number of fused-ring (bicyclic) bond motifs is 2. The summed E-state index contributed by atoms with van der Waals surface area (Å²) in [7, 11) is 0. The summed E-state index contributed by atoms with van der Waals surface area (Å²) < 4.78 is 0. The second-order valence-electron chi connectivity index (χ2n) is 4.31. The molecule has 0 radical (unpaired) electrons. The lowest BCUT2D eigenvalue weighted by atomic mass is 9.99. The Morgan fingerprint density at radius 1 is 0.722 bits per heavy atom. The quantitative estimate of drug-likeness (QED) is 0.612. The van der Waals surface area contributed by atoms with Crippen LogP contribution in [0.25, 0.3) is 0 Å². The molecule has 0 saturated carbocycles. The van der Waals surface area contributed by atoms with E-state index in [0.29, 0.717) is 0 Å². The molecular weight excluding hydrogens is 356 g/mol. The van der Waals surface area contributed by atoms with Gasteiger partial charge in [0.2, 0.25) is 0 Å². The van der Waals surface area contributed by atoms with Crippen LogP contribution >= 0.6 is 31.9 Å². The minimum Gasteiger partial charge on any atom is -0.289 e. The van der Waals surface area contributed by atoms with Crippen molar-refractivity contribution < 1.29 is 4.79 Å². The van der Waals surface area contributed by atoms with Crippen molar-refractivity contribution in [1.82, 2.24) is 0 Å². The average Bonchev–Trinajstić information content (AvgIpc) is 2.51. The first-order chi connectivity index (χ1) is 8.70. The number of halogens is 2. The van der Waals surface area contributed by atoms with E-state index in [-0.39, 0.29) is 15.4 Å². The summed E-state index contributed by atoms with van der Waals surface area (Å²) in [5.74, 6) is 0.104. The van der Waals surface area contributed by atoms with E-state index >= 15 is 0 Å². The van der Waals surface area contributed by atoms with Crippen molar-refractivity contribution >= 4 is 37.6 Å². The maximum Gasteiger partial charge on any atom is 0.193 e. The van der Waals surface area contributed by atoms with Crippen LogP contribution < -0.4 is 0 Å². The van der Waals surface area contributed by atoms with Gasteiger partial charge in [-0.05, 0) is 11.1 Å². The molecule has 90 valence electrons. The van der Waals surface area contributed by atoms with Gasteiger partial charge in [0, 0.05) is 11.1 Å². The molecule has 0 heterocycles. The Morgan fingerprint density at radius 2 is 1.11 bits per heavy atom. The van der Waals surface area contributed by atoms with Gasteiger partial charge < -0.3 is 0 Å². The smallest absolute Gasteiger partial charge is 0.193 e. The van der Waals surface area contributed by atoms with Gasteiger partial charge in [-0.2, -0.15) is 0 Å². The molecule has 0 saturated heterocycles. The van der Waals surface area contributed by atoms with Crippen molar-refractivity contribution in [3.05, 3.63) is 70.8 Å². The van der Waals surface area contributed by atoms with Gasteiger partial charge in [-0.15, -0.1) is 0 Å². The highest BCUT2D eigenvalue weighted by Gasteiger charge is 2.31. The molecule has 1 nitrogen and oxygen atoms in total. The number of hydrogen-bond acceptors (Lipinski definition) is 1. The molecule has 2 atom stereocenters. The Bertz CT molecular complexity index is 568. The molecule has 0 aliphatic heterocycles. The zero-order valence-electron chi connectivity index (χ0n) is 9.44. The monoisotopic (exact) mass is 364 g/mol. The van der Waals surface area contributed by atoms with E-state index in [1.165, 1.54) is 0 Å². The number of alkyl halides is 2. The van der Waals surface area contributed by atoms with Gasteiger partial charge in [0.1, 0.15) is 0 Å². The van der Waals surface area contributed by atoms with E-state index < -0.39 is 0 Å². The van der Waals surface area contributed by atoms with Gasteiger partial charge in [-0.25, -0.2) is 0 Å². The summed E-state index contributed by atoms with van der Waals surface area (Å²) in [5, 5.41) is 0. The number of benzene rings is 2. The SMILES string of the molecule is O=C1c2ccccc2C(Br)[C@H](Br)c2ccccc21. The fourth-order valence-corrected chi connectivity index (χ4v) is 3.72. The fraction of sp³-hybridized carbons (Fsp3) is 0.133. The zero-order chi connectivity index (χ0) is 12.7. The van der Waals surface area contributed by atoms with Crippen LogP contribution in [0.3, 0.4) is 0 Å². The van der Waals surface area contributed by atoms with Crippen LogP contribution in [0.4, 0.5) is 0 Å². The van der Waals surface area contributed by atoms with E-state index in [0.717, 1.165) is 22.3 Å². The maximum absolute atomic E-state index is 12.6. The van der Waals surface area contributed by atoms with Crippen LogP contribution in [-0.4, -0.2) is 5.78 Å². The lowest BCUT2D eigenvalue weighted by Gasteiger charge is -2.16. The second-order valence-corrected chi connectivity index (χ2v) is 6.28. The summed E-state index contributed by atoms with van der Waals surface area (Å²) >= 11 is 7.40. The Labute approximate surface area is 122 Å². The highest BCUT2D eigenvalue weighted by Crippen LogP contribution is 2.47. The van der Waals surface area contributed by atoms with Gasteiger partial charge in [0.25, 0.3) is 0 Å². The summed E-state index contributed by atoms with van der Waals surface area (Å²) in [6.45, 7) is 0. The predicted molar refractivity (Wildman–Crippen MR) is 79.7 cm³/mol. The lowest BCUT2D eigenvalue weighted by molar-refractivity contribution is 0.103. The van der Waals surface area contributed by atoms with E-state index in [9.17, 15) is 4.79 Å². The number of rotatable bonds is 0. The Hall–Kier alpha value is -0.930. The van der Waals surface area contributed by atoms with Crippen molar-refractivity contribution in [3.8, 4) is 0 Å². The van der Waals surface area contributed by atoms with Crippen molar-refractivity contribution in [1.29, 1.82) is 0 Å². The summed E-state index contributed by atoms with van der Waals surface area (Å²) in [6.07, 6.45) is 0. The molecule has 3 rings (SSSR count). The van der Waals surface area contributed by atoms with Crippen LogP contribution in [0.5, 0.6) is 0 Å². The number of hydrogen-bond donors (Lipinski definition) is 0. The van der Waals surface area contributed by atoms with Crippen LogP contribution in [-0.2, 0) is 0 Å².